The number of aromatic nitrogens is 1. The number of hydrogen-bond donors (Lipinski definition) is 1. The number of rotatable bonds is 0. The topological polar surface area (TPSA) is 33.1 Å². The molecule has 0 atom stereocenters. The van der Waals surface area contributed by atoms with Crippen LogP contribution in [0.4, 0.5) is 0 Å². The van der Waals surface area contributed by atoms with E-state index in [1.165, 1.54) is 6.92 Å². The van der Waals surface area contributed by atoms with E-state index in [1.807, 2.05) is 0 Å². The second-order valence-corrected chi connectivity index (χ2v) is 1.42. The third kappa shape index (κ3) is 0.780. The third-order valence-electron chi connectivity index (χ3n) is 0.803. The summed E-state index contributed by atoms with van der Waals surface area (Å²) in [5.74, 6) is -0.337. The van der Waals surface area contributed by atoms with Crippen molar-refractivity contribution < 1.29 is 9.22 Å². The molecule has 2 heteroatoms. The molecular weight excluding hydrogens is 102 g/mol. The molecule has 0 aromatic carbocycles. The van der Waals surface area contributed by atoms with Gasteiger partial charge in [0.1, 0.15) is 0 Å². The highest BCUT2D eigenvalue weighted by molar-refractivity contribution is 5.21. The molecule has 1 rings (SSSR count). The van der Waals surface area contributed by atoms with Gasteiger partial charge in [0.25, 0.3) is 0 Å². The van der Waals surface area contributed by atoms with Crippen molar-refractivity contribution >= 4 is 0 Å². The Kier molecular flexibility index (Phi) is 0.565. The van der Waals surface area contributed by atoms with E-state index in [1.54, 1.807) is 0 Å². The van der Waals surface area contributed by atoms with E-state index in [9.17, 15) is 0 Å². The molecule has 8 heavy (non-hydrogen) atoms. The lowest BCUT2D eigenvalue weighted by molar-refractivity contribution is 0.449. The summed E-state index contributed by atoms with van der Waals surface area (Å²) in [6.07, 6.45) is -0.363. The van der Waals surface area contributed by atoms with Crippen molar-refractivity contribution in [2.24, 2.45) is 0 Å². The second kappa shape index (κ2) is 1.82. The lowest BCUT2D eigenvalue weighted by Crippen LogP contribution is -1.75. The SMILES string of the molecule is [2H]c1nc(O)c(C)c([2H])c1[2H]. The summed E-state index contributed by atoms with van der Waals surface area (Å²) in [6.45, 7) is 1.49. The van der Waals surface area contributed by atoms with E-state index in [0.29, 0.717) is 0 Å². The van der Waals surface area contributed by atoms with Crippen LogP contribution in [-0.2, 0) is 0 Å². The maximum atomic E-state index is 8.97. The molecule has 0 aliphatic carbocycles. The van der Waals surface area contributed by atoms with Crippen LogP contribution in [0, 0.1) is 6.92 Å². The first kappa shape index (κ1) is 2.49. The van der Waals surface area contributed by atoms with Crippen molar-refractivity contribution in [3.8, 4) is 5.88 Å². The van der Waals surface area contributed by atoms with Crippen LogP contribution in [0.3, 0.4) is 0 Å². The molecule has 2 nitrogen and oxygen atoms in total. The van der Waals surface area contributed by atoms with Gasteiger partial charge in [0.05, 0.1) is 4.11 Å². The number of aromatic hydroxyl groups is 1. The van der Waals surface area contributed by atoms with E-state index in [-0.39, 0.29) is 29.7 Å². The average molecular weight is 112 g/mol. The normalized spacial score (nSPS) is 14.4. The molecule has 42 valence electrons. The Labute approximate surface area is 52.0 Å². The molecule has 0 bridgehead atoms. The number of nitrogens with zero attached hydrogens (tertiary/aromatic N) is 1. The van der Waals surface area contributed by atoms with Gasteiger partial charge in [0, 0.05) is 11.7 Å². The van der Waals surface area contributed by atoms with Gasteiger partial charge in [-0.05, 0) is 13.0 Å². The first-order valence-electron chi connectivity index (χ1n) is 3.67. The maximum absolute atomic E-state index is 8.97. The standard InChI is InChI=1S/C6H7NO/c1-5-3-2-4-7-6(5)8/h2-4H,1H3,(H,7,8)/i2D,3D,4D. The highest BCUT2D eigenvalue weighted by Gasteiger charge is 1.88. The monoisotopic (exact) mass is 112 g/mol. The smallest absolute Gasteiger partial charge is 0.213 e. The van der Waals surface area contributed by atoms with Gasteiger partial charge in [0.15, 0.2) is 0 Å². The largest absolute Gasteiger partial charge is 0.493 e. The summed E-state index contributed by atoms with van der Waals surface area (Å²) in [5.41, 5.74) is 0.242. The van der Waals surface area contributed by atoms with Crippen molar-refractivity contribution in [1.29, 1.82) is 0 Å². The summed E-state index contributed by atoms with van der Waals surface area (Å²) < 4.78 is 21.4. The van der Waals surface area contributed by atoms with Gasteiger partial charge in [-0.3, -0.25) is 0 Å². The van der Waals surface area contributed by atoms with Gasteiger partial charge in [-0.15, -0.1) is 0 Å². The van der Waals surface area contributed by atoms with E-state index >= 15 is 0 Å². The summed E-state index contributed by atoms with van der Waals surface area (Å²) in [5, 5.41) is 8.97. The van der Waals surface area contributed by atoms with Gasteiger partial charge in [-0.2, -0.15) is 0 Å². The van der Waals surface area contributed by atoms with E-state index < -0.39 is 0 Å². The minimum atomic E-state index is -0.363. The van der Waals surface area contributed by atoms with Gasteiger partial charge in [-0.1, -0.05) is 6.04 Å². The van der Waals surface area contributed by atoms with Gasteiger partial charge >= 0.3 is 0 Å². The molecule has 0 fully saturated rings. The molecule has 0 unspecified atom stereocenters. The van der Waals surface area contributed by atoms with E-state index in [0.717, 1.165) is 0 Å². The molecule has 0 spiro atoms. The molecule has 1 heterocycles. The molecule has 0 saturated carbocycles. The third-order valence-corrected chi connectivity index (χ3v) is 0.803. The maximum Gasteiger partial charge on any atom is 0.213 e. The number of pyridine rings is 1. The number of hydrogen-bond acceptors (Lipinski definition) is 2. The molecule has 0 aliphatic heterocycles. The molecule has 0 amide bonds. The van der Waals surface area contributed by atoms with Crippen LogP contribution >= 0.6 is 0 Å². The van der Waals surface area contributed by atoms with Crippen LogP contribution in [0.15, 0.2) is 18.3 Å². The lowest BCUT2D eigenvalue weighted by Gasteiger charge is -1.90. The van der Waals surface area contributed by atoms with Crippen LogP contribution < -0.4 is 0 Å². The van der Waals surface area contributed by atoms with Gasteiger partial charge in [0.2, 0.25) is 5.88 Å². The Morgan fingerprint density at radius 2 is 2.62 bits per heavy atom. The van der Waals surface area contributed by atoms with Gasteiger partial charge < -0.3 is 5.11 Å². The van der Waals surface area contributed by atoms with Crippen molar-refractivity contribution in [2.75, 3.05) is 0 Å². The van der Waals surface area contributed by atoms with Gasteiger partial charge in [-0.25, -0.2) is 4.98 Å². The molecule has 1 aromatic rings. The highest BCUT2D eigenvalue weighted by atomic mass is 16.3. The summed E-state index contributed by atoms with van der Waals surface area (Å²) in [7, 11) is 0. The Balaban J connectivity index is 3.46. The Morgan fingerprint density at radius 1 is 1.88 bits per heavy atom. The molecule has 1 N–H and O–H groups in total. The zero-order valence-corrected chi connectivity index (χ0v) is 4.39. The average Bonchev–Trinajstić information content (AvgIpc) is 1.97. The molecular formula is C6H7NO. The fourth-order valence-corrected chi connectivity index (χ4v) is 0.342. The predicted molar refractivity (Wildman–Crippen MR) is 30.6 cm³/mol. The molecule has 0 aliphatic rings. The quantitative estimate of drug-likeness (QED) is 0.545. The zero-order valence-electron chi connectivity index (χ0n) is 7.39. The van der Waals surface area contributed by atoms with Crippen molar-refractivity contribution in [3.05, 3.63) is 23.8 Å². The molecule has 0 saturated heterocycles. The van der Waals surface area contributed by atoms with Crippen molar-refractivity contribution in [3.63, 3.8) is 0 Å². The van der Waals surface area contributed by atoms with Crippen molar-refractivity contribution in [1.82, 2.24) is 4.98 Å². The fraction of sp³-hybridized carbons (Fsp3) is 0.167. The lowest BCUT2D eigenvalue weighted by atomic mass is 10.3. The Morgan fingerprint density at radius 3 is 3.38 bits per heavy atom. The highest BCUT2D eigenvalue weighted by Crippen LogP contribution is 2.07. The van der Waals surface area contributed by atoms with Crippen LogP contribution in [0.2, 0.25) is 0 Å². The minimum absolute atomic E-state index is 0.137. The summed E-state index contributed by atoms with van der Waals surface area (Å²) >= 11 is 0. The zero-order chi connectivity index (χ0) is 8.59. The van der Waals surface area contributed by atoms with Crippen LogP contribution in [0.5, 0.6) is 5.88 Å². The Hall–Kier alpha value is -1.05. The van der Waals surface area contributed by atoms with Crippen molar-refractivity contribution in [2.45, 2.75) is 6.92 Å². The van der Waals surface area contributed by atoms with Crippen LogP contribution in [0.1, 0.15) is 9.68 Å². The fourth-order valence-electron chi connectivity index (χ4n) is 0.342. The van der Waals surface area contributed by atoms with E-state index in [4.69, 9.17) is 9.22 Å². The Bertz CT molecular complexity index is 274. The molecule has 1 aromatic heterocycles. The molecule has 0 radical (unpaired) electrons. The van der Waals surface area contributed by atoms with E-state index in [2.05, 4.69) is 4.98 Å². The second-order valence-electron chi connectivity index (χ2n) is 1.42. The predicted octanol–water partition coefficient (Wildman–Crippen LogP) is 1.10. The summed E-state index contributed by atoms with van der Waals surface area (Å²) in [4.78, 5) is 3.35. The first-order chi connectivity index (χ1) is 5.04. The minimum Gasteiger partial charge on any atom is -0.493 e. The first-order valence-corrected chi connectivity index (χ1v) is 2.17. The summed E-state index contributed by atoms with van der Waals surface area (Å²) in [6, 6.07) is -0.386. The van der Waals surface area contributed by atoms with Crippen LogP contribution in [0.25, 0.3) is 0 Å². The van der Waals surface area contributed by atoms with Crippen LogP contribution in [-0.4, -0.2) is 10.1 Å².